The summed E-state index contributed by atoms with van der Waals surface area (Å²) in [5.74, 6) is 0.722. The minimum absolute atomic E-state index is 0.350. The number of carbonyl (C=O) groups is 1. The van der Waals surface area contributed by atoms with E-state index in [9.17, 15) is 4.79 Å². The number of ketones is 1. The van der Waals surface area contributed by atoms with Crippen molar-refractivity contribution in [1.82, 2.24) is 9.80 Å². The third kappa shape index (κ3) is 7.51. The molecule has 1 fully saturated rings. The number of Topliss-reactive ketones (excluding diaryl/α,β-unsaturated/α-hetero) is 1. The third-order valence-corrected chi connectivity index (χ3v) is 6.69. The van der Waals surface area contributed by atoms with Crippen LogP contribution in [-0.4, -0.2) is 54.9 Å². The van der Waals surface area contributed by atoms with Gasteiger partial charge in [0.1, 0.15) is 5.78 Å². The van der Waals surface area contributed by atoms with Gasteiger partial charge in [-0.15, -0.1) is 0 Å². The number of rotatable bonds is 11. The zero-order chi connectivity index (χ0) is 23.4. The van der Waals surface area contributed by atoms with Crippen LogP contribution in [-0.2, 0) is 4.79 Å². The van der Waals surface area contributed by atoms with Crippen LogP contribution in [0.15, 0.2) is 97.1 Å². The summed E-state index contributed by atoms with van der Waals surface area (Å²) >= 11 is 0. The monoisotopic (exact) mass is 452 g/mol. The Kier molecular flexibility index (Phi) is 9.24. The number of nitrogens with zero attached hydrogens (tertiary/aromatic N) is 2. The predicted molar refractivity (Wildman–Crippen MR) is 142 cm³/mol. The molecule has 0 amide bonds. The summed E-state index contributed by atoms with van der Waals surface area (Å²) in [7, 11) is 0. The molecule has 3 aromatic rings. The van der Waals surface area contributed by atoms with Crippen LogP contribution < -0.4 is 0 Å². The van der Waals surface area contributed by atoms with Crippen molar-refractivity contribution in [3.8, 4) is 0 Å². The summed E-state index contributed by atoms with van der Waals surface area (Å²) in [5, 5.41) is 0. The minimum atomic E-state index is 0.350. The van der Waals surface area contributed by atoms with Crippen molar-refractivity contribution >= 4 is 11.9 Å². The molecule has 1 heterocycles. The molecule has 0 spiro atoms. The second kappa shape index (κ2) is 13.0. The Hall–Kier alpha value is -3.01. The van der Waals surface area contributed by atoms with E-state index in [1.54, 1.807) is 0 Å². The molecular weight excluding hydrogens is 416 g/mol. The molecule has 0 aromatic heterocycles. The summed E-state index contributed by atoms with van der Waals surface area (Å²) in [6.45, 7) is 5.56. The number of hydrogen-bond donors (Lipinski definition) is 0. The van der Waals surface area contributed by atoms with Crippen LogP contribution in [0.5, 0.6) is 0 Å². The summed E-state index contributed by atoms with van der Waals surface area (Å²) < 4.78 is 0. The summed E-state index contributed by atoms with van der Waals surface area (Å²) in [4.78, 5) is 17.5. The Morgan fingerprint density at radius 3 is 1.85 bits per heavy atom. The van der Waals surface area contributed by atoms with Gasteiger partial charge in [-0.2, -0.15) is 0 Å². The lowest BCUT2D eigenvalue weighted by atomic mass is 9.87. The highest BCUT2D eigenvalue weighted by Crippen LogP contribution is 2.29. The predicted octanol–water partition coefficient (Wildman–Crippen LogP) is 5.89. The lowest BCUT2D eigenvalue weighted by molar-refractivity contribution is -0.120. The molecule has 1 saturated heterocycles. The normalized spacial score (nSPS) is 15.2. The van der Waals surface area contributed by atoms with E-state index in [4.69, 9.17) is 0 Å². The fourth-order valence-electron chi connectivity index (χ4n) is 4.76. The topological polar surface area (TPSA) is 23.6 Å². The first kappa shape index (κ1) is 24.1. The van der Waals surface area contributed by atoms with E-state index in [2.05, 4.69) is 107 Å². The van der Waals surface area contributed by atoms with Crippen LogP contribution in [0.4, 0.5) is 0 Å². The second-order valence-electron chi connectivity index (χ2n) is 9.19. The van der Waals surface area contributed by atoms with Gasteiger partial charge in [0.25, 0.3) is 0 Å². The van der Waals surface area contributed by atoms with Crippen molar-refractivity contribution in [2.24, 2.45) is 0 Å². The van der Waals surface area contributed by atoms with E-state index in [1.807, 2.05) is 6.07 Å². The Balaban J connectivity index is 1.18. The SMILES string of the molecule is O=C(CCCC(c1ccccc1)c1ccccc1)CN1CCN(CC=Cc2ccccc2)CC1. The molecule has 0 N–H and O–H groups in total. The van der Waals surface area contributed by atoms with Crippen LogP contribution in [0.25, 0.3) is 6.08 Å². The van der Waals surface area contributed by atoms with Gasteiger partial charge in [-0.3, -0.25) is 14.6 Å². The van der Waals surface area contributed by atoms with Crippen LogP contribution in [0.2, 0.25) is 0 Å². The standard InChI is InChI=1S/C31H36N2O/c34-30(19-10-20-31(28-15-6-2-7-16-28)29-17-8-3-9-18-29)26-33-24-22-32(23-25-33)21-11-14-27-12-4-1-5-13-27/h1-9,11-18,31H,10,19-26H2. The summed E-state index contributed by atoms with van der Waals surface area (Å²) in [6, 6.07) is 31.8. The Morgan fingerprint density at radius 1 is 0.735 bits per heavy atom. The van der Waals surface area contributed by atoms with Crippen molar-refractivity contribution in [3.05, 3.63) is 114 Å². The van der Waals surface area contributed by atoms with Gasteiger partial charge in [-0.1, -0.05) is 103 Å². The lowest BCUT2D eigenvalue weighted by Gasteiger charge is -2.33. The molecule has 176 valence electrons. The first-order chi connectivity index (χ1) is 16.8. The Labute approximate surface area is 204 Å². The van der Waals surface area contributed by atoms with Gasteiger partial charge in [0.15, 0.2) is 0 Å². The van der Waals surface area contributed by atoms with Gasteiger partial charge >= 0.3 is 0 Å². The van der Waals surface area contributed by atoms with Crippen LogP contribution >= 0.6 is 0 Å². The van der Waals surface area contributed by atoms with Gasteiger partial charge in [0.2, 0.25) is 0 Å². The quantitative estimate of drug-likeness (QED) is 0.362. The highest BCUT2D eigenvalue weighted by Gasteiger charge is 2.19. The molecule has 34 heavy (non-hydrogen) atoms. The zero-order valence-electron chi connectivity index (χ0n) is 20.1. The molecule has 0 radical (unpaired) electrons. The second-order valence-corrected chi connectivity index (χ2v) is 9.19. The zero-order valence-corrected chi connectivity index (χ0v) is 20.1. The fraction of sp³-hybridized carbons (Fsp3) is 0.323. The van der Waals surface area contributed by atoms with Gasteiger partial charge < -0.3 is 0 Å². The maximum Gasteiger partial charge on any atom is 0.146 e. The van der Waals surface area contributed by atoms with Crippen molar-refractivity contribution in [3.63, 3.8) is 0 Å². The molecule has 4 rings (SSSR count). The van der Waals surface area contributed by atoms with Crippen LogP contribution in [0, 0.1) is 0 Å². The van der Waals surface area contributed by atoms with Crippen molar-refractivity contribution < 1.29 is 4.79 Å². The highest BCUT2D eigenvalue weighted by atomic mass is 16.1. The van der Waals surface area contributed by atoms with E-state index in [0.717, 1.165) is 45.6 Å². The number of carbonyl (C=O) groups excluding carboxylic acids is 1. The van der Waals surface area contributed by atoms with Gasteiger partial charge in [0.05, 0.1) is 6.54 Å². The third-order valence-electron chi connectivity index (χ3n) is 6.69. The maximum absolute atomic E-state index is 12.7. The van der Waals surface area contributed by atoms with Gasteiger partial charge in [0, 0.05) is 45.1 Å². The molecule has 0 aliphatic carbocycles. The van der Waals surface area contributed by atoms with Crippen molar-refractivity contribution in [2.75, 3.05) is 39.3 Å². The lowest BCUT2D eigenvalue weighted by Crippen LogP contribution is -2.47. The Morgan fingerprint density at radius 2 is 1.26 bits per heavy atom. The summed E-state index contributed by atoms with van der Waals surface area (Å²) in [6.07, 6.45) is 7.02. The molecule has 0 saturated carbocycles. The fourth-order valence-corrected chi connectivity index (χ4v) is 4.76. The maximum atomic E-state index is 12.7. The van der Waals surface area contributed by atoms with Gasteiger partial charge in [-0.05, 0) is 29.5 Å². The smallest absolute Gasteiger partial charge is 0.146 e. The van der Waals surface area contributed by atoms with E-state index in [-0.39, 0.29) is 0 Å². The molecule has 0 bridgehead atoms. The summed E-state index contributed by atoms with van der Waals surface area (Å²) in [5.41, 5.74) is 3.91. The number of piperazine rings is 1. The molecule has 0 unspecified atom stereocenters. The highest BCUT2D eigenvalue weighted by molar-refractivity contribution is 5.80. The number of benzene rings is 3. The van der Waals surface area contributed by atoms with Crippen molar-refractivity contribution in [2.45, 2.75) is 25.2 Å². The molecule has 1 aliphatic heterocycles. The van der Waals surface area contributed by atoms with Crippen LogP contribution in [0.1, 0.15) is 41.9 Å². The van der Waals surface area contributed by atoms with Crippen LogP contribution in [0.3, 0.4) is 0 Å². The van der Waals surface area contributed by atoms with E-state index >= 15 is 0 Å². The van der Waals surface area contributed by atoms with E-state index in [0.29, 0.717) is 24.7 Å². The molecule has 3 aromatic carbocycles. The average molecular weight is 453 g/mol. The average Bonchev–Trinajstić information content (AvgIpc) is 2.89. The minimum Gasteiger partial charge on any atom is -0.298 e. The van der Waals surface area contributed by atoms with E-state index < -0.39 is 0 Å². The van der Waals surface area contributed by atoms with E-state index in [1.165, 1.54) is 16.7 Å². The molecular formula is C31H36N2O. The molecule has 3 heteroatoms. The Bertz CT molecular complexity index is 970. The van der Waals surface area contributed by atoms with Gasteiger partial charge in [-0.25, -0.2) is 0 Å². The molecule has 0 atom stereocenters. The van der Waals surface area contributed by atoms with Crippen molar-refractivity contribution in [1.29, 1.82) is 0 Å². The first-order valence-electron chi connectivity index (χ1n) is 12.6. The molecule has 1 aliphatic rings. The largest absolute Gasteiger partial charge is 0.298 e. The molecule has 3 nitrogen and oxygen atoms in total. The number of hydrogen-bond acceptors (Lipinski definition) is 3. The first-order valence-corrected chi connectivity index (χ1v) is 12.6.